The van der Waals surface area contributed by atoms with E-state index in [1.165, 1.54) is 30.3 Å². The zero-order valence-electron chi connectivity index (χ0n) is 15.0. The van der Waals surface area contributed by atoms with Crippen molar-refractivity contribution >= 4 is 11.6 Å². The van der Waals surface area contributed by atoms with E-state index in [9.17, 15) is 18.0 Å². The van der Waals surface area contributed by atoms with Crippen LogP contribution in [0.25, 0.3) is 0 Å². The van der Waals surface area contributed by atoms with Crippen molar-refractivity contribution in [3.63, 3.8) is 0 Å². The van der Waals surface area contributed by atoms with Gasteiger partial charge in [0.25, 0.3) is 5.91 Å². The van der Waals surface area contributed by atoms with Crippen LogP contribution < -0.4 is 20.3 Å². The number of benzene rings is 2. The first-order valence-corrected chi connectivity index (χ1v) is 8.49. The molecule has 0 saturated heterocycles. The highest BCUT2D eigenvalue weighted by Gasteiger charge is 2.33. The second-order valence-electron chi connectivity index (χ2n) is 5.57. The number of alkyl halides is 3. The molecule has 8 heteroatoms. The molecule has 5 nitrogen and oxygen atoms in total. The fraction of sp³-hybridized carbons (Fsp3) is 0.316. The summed E-state index contributed by atoms with van der Waals surface area (Å²) in [5, 5.41) is 0. The smallest absolute Gasteiger partial charge is 0.418 e. The lowest BCUT2D eigenvalue weighted by molar-refractivity contribution is -0.137. The predicted molar refractivity (Wildman–Crippen MR) is 95.9 cm³/mol. The number of amides is 1. The van der Waals surface area contributed by atoms with Crippen LogP contribution in [-0.2, 0) is 6.18 Å². The third-order valence-electron chi connectivity index (χ3n) is 3.51. The molecule has 0 spiro atoms. The van der Waals surface area contributed by atoms with Crippen LogP contribution in [0.4, 0.5) is 18.9 Å². The third-order valence-corrected chi connectivity index (χ3v) is 3.51. The molecule has 0 bridgehead atoms. The lowest BCUT2D eigenvalue weighted by Crippen LogP contribution is -2.30. The first kappa shape index (κ1) is 20.4. The Bertz CT molecular complexity index is 779. The minimum absolute atomic E-state index is 0.222. The lowest BCUT2D eigenvalue weighted by atomic mass is 10.1. The van der Waals surface area contributed by atoms with Crippen LogP contribution in [0.15, 0.2) is 42.5 Å². The summed E-state index contributed by atoms with van der Waals surface area (Å²) in [7, 11) is 0. The highest BCUT2D eigenvalue weighted by molar-refractivity contribution is 5.95. The molecule has 2 aromatic carbocycles. The number of anilines is 1. The minimum atomic E-state index is -4.53. The van der Waals surface area contributed by atoms with Crippen molar-refractivity contribution in [1.29, 1.82) is 0 Å². The van der Waals surface area contributed by atoms with Gasteiger partial charge in [-0.25, -0.2) is 0 Å². The van der Waals surface area contributed by atoms with Crippen molar-refractivity contribution in [3.8, 4) is 11.5 Å². The van der Waals surface area contributed by atoms with E-state index in [0.717, 1.165) is 12.5 Å². The number of rotatable bonds is 8. The molecule has 0 aliphatic carbocycles. The van der Waals surface area contributed by atoms with Gasteiger partial charge in [-0.2, -0.15) is 13.2 Å². The molecular weight excluding hydrogens is 361 g/mol. The molecule has 27 heavy (non-hydrogen) atoms. The third kappa shape index (κ3) is 5.54. The quantitative estimate of drug-likeness (QED) is 0.653. The lowest BCUT2D eigenvalue weighted by Gasteiger charge is -2.16. The maximum atomic E-state index is 13.0. The van der Waals surface area contributed by atoms with E-state index in [2.05, 4.69) is 10.9 Å². The summed E-state index contributed by atoms with van der Waals surface area (Å²) < 4.78 is 50.0. The van der Waals surface area contributed by atoms with Gasteiger partial charge in [-0.15, -0.1) is 0 Å². The Labute approximate surface area is 155 Å². The molecule has 1 amide bonds. The van der Waals surface area contributed by atoms with Crippen LogP contribution in [0.3, 0.4) is 0 Å². The Hall–Kier alpha value is -2.90. The van der Waals surface area contributed by atoms with Gasteiger partial charge in [0.2, 0.25) is 0 Å². The van der Waals surface area contributed by atoms with Gasteiger partial charge in [0.1, 0.15) is 0 Å². The van der Waals surface area contributed by atoms with Crippen LogP contribution in [0.1, 0.15) is 36.2 Å². The fourth-order valence-corrected chi connectivity index (χ4v) is 2.28. The molecule has 0 saturated carbocycles. The topological polar surface area (TPSA) is 59.6 Å². The van der Waals surface area contributed by atoms with Gasteiger partial charge in [0.15, 0.2) is 11.5 Å². The molecule has 0 unspecified atom stereocenters. The first-order valence-electron chi connectivity index (χ1n) is 8.49. The number of carbonyl (C=O) groups is 1. The van der Waals surface area contributed by atoms with Crippen LogP contribution in [0, 0.1) is 0 Å². The summed E-state index contributed by atoms with van der Waals surface area (Å²) in [4.78, 5) is 12.3. The number of hydrazine groups is 1. The van der Waals surface area contributed by atoms with Gasteiger partial charge in [-0.3, -0.25) is 15.6 Å². The summed E-state index contributed by atoms with van der Waals surface area (Å²) in [6.07, 6.45) is -3.72. The number of carbonyl (C=O) groups excluding carboxylic acids is 1. The largest absolute Gasteiger partial charge is 0.490 e. The number of nitrogens with one attached hydrogen (secondary N) is 2. The summed E-state index contributed by atoms with van der Waals surface area (Å²) in [6, 6.07) is 9.48. The van der Waals surface area contributed by atoms with Gasteiger partial charge < -0.3 is 9.47 Å². The van der Waals surface area contributed by atoms with E-state index in [-0.39, 0.29) is 11.3 Å². The summed E-state index contributed by atoms with van der Waals surface area (Å²) in [5.41, 5.74) is 3.71. The molecule has 2 aromatic rings. The number of para-hydroxylation sites is 1. The minimum Gasteiger partial charge on any atom is -0.490 e. The van der Waals surface area contributed by atoms with E-state index >= 15 is 0 Å². The normalized spacial score (nSPS) is 11.0. The SMILES string of the molecule is CCCOc1ccc(C(=O)NNc2ccccc2C(F)(F)F)cc1OCC. The van der Waals surface area contributed by atoms with Gasteiger partial charge in [-0.05, 0) is 43.7 Å². The highest BCUT2D eigenvalue weighted by Crippen LogP contribution is 2.34. The van der Waals surface area contributed by atoms with Crippen molar-refractivity contribution in [2.75, 3.05) is 18.6 Å². The molecule has 0 radical (unpaired) electrons. The molecule has 0 aliphatic rings. The van der Waals surface area contributed by atoms with Crippen molar-refractivity contribution in [1.82, 2.24) is 5.43 Å². The van der Waals surface area contributed by atoms with E-state index in [4.69, 9.17) is 9.47 Å². The number of hydrogen-bond acceptors (Lipinski definition) is 4. The van der Waals surface area contributed by atoms with Gasteiger partial charge in [0.05, 0.1) is 24.5 Å². The monoisotopic (exact) mass is 382 g/mol. The Kier molecular flexibility index (Phi) is 6.92. The Morgan fingerprint density at radius 1 is 1.04 bits per heavy atom. The van der Waals surface area contributed by atoms with Crippen LogP contribution in [0.5, 0.6) is 11.5 Å². The van der Waals surface area contributed by atoms with E-state index in [1.54, 1.807) is 13.0 Å². The molecule has 146 valence electrons. The number of hydrogen-bond donors (Lipinski definition) is 2. The molecule has 0 aliphatic heterocycles. The predicted octanol–water partition coefficient (Wildman–Crippen LogP) is 4.65. The first-order chi connectivity index (χ1) is 12.9. The average molecular weight is 382 g/mol. The van der Waals surface area contributed by atoms with Crippen molar-refractivity contribution < 1.29 is 27.4 Å². The van der Waals surface area contributed by atoms with Crippen LogP contribution in [-0.4, -0.2) is 19.1 Å². The van der Waals surface area contributed by atoms with Gasteiger partial charge in [0, 0.05) is 5.56 Å². The van der Waals surface area contributed by atoms with E-state index < -0.39 is 17.6 Å². The second-order valence-corrected chi connectivity index (χ2v) is 5.57. The Morgan fingerprint density at radius 2 is 1.78 bits per heavy atom. The van der Waals surface area contributed by atoms with Gasteiger partial charge >= 0.3 is 6.18 Å². The van der Waals surface area contributed by atoms with Crippen LogP contribution >= 0.6 is 0 Å². The Balaban J connectivity index is 2.13. The average Bonchev–Trinajstić information content (AvgIpc) is 2.64. The summed E-state index contributed by atoms with van der Waals surface area (Å²) >= 11 is 0. The molecule has 0 aromatic heterocycles. The molecule has 0 fully saturated rings. The molecule has 0 heterocycles. The van der Waals surface area contributed by atoms with E-state index in [1.807, 2.05) is 6.92 Å². The highest BCUT2D eigenvalue weighted by atomic mass is 19.4. The zero-order valence-corrected chi connectivity index (χ0v) is 15.0. The van der Waals surface area contributed by atoms with Gasteiger partial charge in [-0.1, -0.05) is 19.1 Å². The Morgan fingerprint density at radius 3 is 2.44 bits per heavy atom. The summed E-state index contributed by atoms with van der Waals surface area (Å²) in [5.74, 6) is 0.301. The van der Waals surface area contributed by atoms with Crippen LogP contribution in [0.2, 0.25) is 0 Å². The fourth-order valence-electron chi connectivity index (χ4n) is 2.28. The molecule has 2 rings (SSSR count). The van der Waals surface area contributed by atoms with E-state index in [0.29, 0.717) is 24.7 Å². The molecule has 0 atom stereocenters. The van der Waals surface area contributed by atoms with Crippen molar-refractivity contribution in [2.24, 2.45) is 0 Å². The number of halogens is 3. The maximum absolute atomic E-state index is 13.0. The number of ether oxygens (including phenoxy) is 2. The maximum Gasteiger partial charge on any atom is 0.418 e. The standard InChI is InChI=1S/C19H21F3N2O3/c1-3-11-27-16-10-9-13(12-17(16)26-4-2)18(25)24-23-15-8-6-5-7-14(15)19(20,21)22/h5-10,12,23H,3-4,11H2,1-2H3,(H,24,25). The summed E-state index contributed by atoms with van der Waals surface area (Å²) in [6.45, 7) is 4.64. The molecular formula is C19H21F3N2O3. The molecule has 2 N–H and O–H groups in total. The van der Waals surface area contributed by atoms with Crippen molar-refractivity contribution in [2.45, 2.75) is 26.4 Å². The second kappa shape index (κ2) is 9.16. The van der Waals surface area contributed by atoms with Crippen molar-refractivity contribution in [3.05, 3.63) is 53.6 Å². The zero-order chi connectivity index (χ0) is 19.9.